The molecule has 3 aliphatic heterocycles. The van der Waals surface area contributed by atoms with Crippen molar-refractivity contribution in [2.24, 2.45) is 11.8 Å². The number of fused-ring (bicyclic) bond motifs is 5. The first-order chi connectivity index (χ1) is 12.0. The molecule has 3 heterocycles. The smallest absolute Gasteiger partial charge is 0.367 e. The summed E-state index contributed by atoms with van der Waals surface area (Å²) in [6.45, 7) is 3.55. The molecule has 0 saturated carbocycles. The highest BCUT2D eigenvalue weighted by Gasteiger charge is 2.72. The van der Waals surface area contributed by atoms with Crippen LogP contribution in [-0.2, 0) is 20.5 Å². The normalized spacial score (nSPS) is 35.8. The van der Waals surface area contributed by atoms with Gasteiger partial charge in [0, 0.05) is 0 Å². The van der Waals surface area contributed by atoms with Crippen LogP contribution < -0.4 is 4.90 Å². The first-order valence-electron chi connectivity index (χ1n) is 8.21. The number of nitrogens with zero attached hydrogens (tertiary/aromatic N) is 2. The molecule has 3 fully saturated rings. The highest BCUT2D eigenvalue weighted by molar-refractivity contribution is 6.23. The molecule has 1 aromatic carbocycles. The molecule has 2 bridgehead atoms. The number of anilines is 1. The number of carbonyl (C=O) groups excluding carboxylic acids is 2. The fourth-order valence-electron chi connectivity index (χ4n) is 4.73. The van der Waals surface area contributed by atoms with Crippen LogP contribution in [0.3, 0.4) is 0 Å². The standard InChI is InChI=1S/C18H15F3N2O3/c1-16-5-6-17(2,26-16)13-12(16)14(24)23(15(13)25)10-4-3-9(8-22)11(7-10)18(19,20)21/h3-4,7,12-13H,5-6H2,1-2H3/t12?,13?,16-,17?/m0/s1. The second-order valence-corrected chi connectivity index (χ2v) is 7.53. The SMILES string of the molecule is CC12CC[C@](C)(O1)C1C(=O)N(c3ccc(C#N)c(C(F)(F)F)c3)C(=O)C12. The van der Waals surface area contributed by atoms with E-state index in [1.165, 1.54) is 12.1 Å². The summed E-state index contributed by atoms with van der Waals surface area (Å²) in [5.74, 6) is -2.47. The Bertz CT molecular complexity index is 857. The molecular weight excluding hydrogens is 349 g/mol. The van der Waals surface area contributed by atoms with Crippen LogP contribution >= 0.6 is 0 Å². The van der Waals surface area contributed by atoms with Gasteiger partial charge in [-0.2, -0.15) is 18.4 Å². The molecule has 5 nitrogen and oxygen atoms in total. The van der Waals surface area contributed by atoms with Crippen LogP contribution in [0.2, 0.25) is 0 Å². The lowest BCUT2D eigenvalue weighted by molar-refractivity contribution is -0.138. The minimum atomic E-state index is -4.76. The molecule has 3 aliphatic rings. The number of hydrogen-bond donors (Lipinski definition) is 0. The average molecular weight is 364 g/mol. The van der Waals surface area contributed by atoms with Crippen molar-refractivity contribution in [1.29, 1.82) is 5.26 Å². The molecule has 4 atom stereocenters. The molecule has 2 amide bonds. The summed E-state index contributed by atoms with van der Waals surface area (Å²) in [6, 6.07) is 4.38. The second kappa shape index (κ2) is 4.86. The Morgan fingerprint density at radius 3 is 2.15 bits per heavy atom. The molecule has 0 aromatic heterocycles. The number of halogens is 3. The zero-order valence-corrected chi connectivity index (χ0v) is 14.1. The number of amides is 2. The minimum Gasteiger partial charge on any atom is -0.367 e. The van der Waals surface area contributed by atoms with Gasteiger partial charge in [0.15, 0.2) is 0 Å². The third kappa shape index (κ3) is 2.01. The Kier molecular flexibility index (Phi) is 3.18. The molecule has 8 heteroatoms. The third-order valence-electron chi connectivity index (χ3n) is 5.89. The maximum Gasteiger partial charge on any atom is 0.417 e. The summed E-state index contributed by atoms with van der Waals surface area (Å²) >= 11 is 0. The molecular formula is C18H15F3N2O3. The maximum atomic E-state index is 13.2. The van der Waals surface area contributed by atoms with E-state index in [0.717, 1.165) is 11.0 Å². The van der Waals surface area contributed by atoms with E-state index < -0.39 is 52.2 Å². The van der Waals surface area contributed by atoms with Crippen molar-refractivity contribution < 1.29 is 27.5 Å². The Hall–Kier alpha value is -2.40. The van der Waals surface area contributed by atoms with Gasteiger partial charge in [-0.3, -0.25) is 9.59 Å². The number of rotatable bonds is 1. The van der Waals surface area contributed by atoms with E-state index in [0.29, 0.717) is 18.9 Å². The quantitative estimate of drug-likeness (QED) is 0.718. The molecule has 136 valence electrons. The minimum absolute atomic E-state index is 0.160. The number of benzene rings is 1. The summed E-state index contributed by atoms with van der Waals surface area (Å²) < 4.78 is 45.6. The Labute approximate surface area is 147 Å². The molecule has 4 rings (SSSR count). The number of alkyl halides is 3. The first-order valence-corrected chi connectivity index (χ1v) is 8.21. The van der Waals surface area contributed by atoms with Crippen LogP contribution in [0.15, 0.2) is 18.2 Å². The summed E-state index contributed by atoms with van der Waals surface area (Å²) in [5.41, 5.74) is -3.43. The van der Waals surface area contributed by atoms with Gasteiger partial charge in [0.25, 0.3) is 0 Å². The lowest BCUT2D eigenvalue weighted by Crippen LogP contribution is -2.40. The van der Waals surface area contributed by atoms with Gasteiger partial charge in [-0.25, -0.2) is 4.90 Å². The van der Waals surface area contributed by atoms with Gasteiger partial charge in [0.1, 0.15) is 0 Å². The average Bonchev–Trinajstić information content (AvgIpc) is 3.10. The van der Waals surface area contributed by atoms with Gasteiger partial charge >= 0.3 is 6.18 Å². The third-order valence-corrected chi connectivity index (χ3v) is 5.89. The lowest BCUT2D eigenvalue weighted by atomic mass is 9.69. The van der Waals surface area contributed by atoms with Crippen LogP contribution in [0, 0.1) is 23.2 Å². The van der Waals surface area contributed by atoms with Crippen molar-refractivity contribution in [3.63, 3.8) is 0 Å². The number of imide groups is 1. The molecule has 3 saturated heterocycles. The summed E-state index contributed by atoms with van der Waals surface area (Å²) in [5, 5.41) is 8.90. The van der Waals surface area contributed by atoms with E-state index in [9.17, 15) is 22.8 Å². The number of nitriles is 1. The Morgan fingerprint density at radius 2 is 1.69 bits per heavy atom. The van der Waals surface area contributed by atoms with Crippen LogP contribution in [0.4, 0.5) is 18.9 Å². The molecule has 1 aromatic rings. The van der Waals surface area contributed by atoms with Crippen molar-refractivity contribution in [1.82, 2.24) is 0 Å². The summed E-state index contributed by atoms with van der Waals surface area (Å²) in [6.07, 6.45) is -3.51. The number of carbonyl (C=O) groups is 2. The molecule has 0 N–H and O–H groups in total. The van der Waals surface area contributed by atoms with E-state index in [2.05, 4.69) is 0 Å². The Balaban J connectivity index is 1.80. The first kappa shape index (κ1) is 17.0. The van der Waals surface area contributed by atoms with E-state index >= 15 is 0 Å². The monoisotopic (exact) mass is 364 g/mol. The fourth-order valence-corrected chi connectivity index (χ4v) is 4.73. The maximum absolute atomic E-state index is 13.2. The predicted octanol–water partition coefficient (Wildman–Crippen LogP) is 3.02. The number of hydrogen-bond acceptors (Lipinski definition) is 4. The number of ether oxygens (including phenoxy) is 1. The summed E-state index contributed by atoms with van der Waals surface area (Å²) in [4.78, 5) is 26.7. The van der Waals surface area contributed by atoms with Gasteiger partial charge in [-0.1, -0.05) is 0 Å². The van der Waals surface area contributed by atoms with Gasteiger partial charge < -0.3 is 4.74 Å². The van der Waals surface area contributed by atoms with Gasteiger partial charge in [-0.05, 0) is 44.9 Å². The van der Waals surface area contributed by atoms with Crippen molar-refractivity contribution in [2.75, 3.05) is 4.90 Å². The molecule has 0 radical (unpaired) electrons. The van der Waals surface area contributed by atoms with E-state index in [1.54, 1.807) is 13.8 Å². The zero-order valence-electron chi connectivity index (χ0n) is 14.1. The van der Waals surface area contributed by atoms with Crippen LogP contribution in [0.25, 0.3) is 0 Å². The highest BCUT2D eigenvalue weighted by Crippen LogP contribution is 2.61. The van der Waals surface area contributed by atoms with Gasteiger partial charge in [0.05, 0.1) is 45.9 Å². The van der Waals surface area contributed by atoms with Crippen LogP contribution in [-0.4, -0.2) is 23.0 Å². The van der Waals surface area contributed by atoms with Crippen molar-refractivity contribution in [2.45, 2.75) is 44.1 Å². The molecule has 0 aliphatic carbocycles. The van der Waals surface area contributed by atoms with Crippen LogP contribution in [0.5, 0.6) is 0 Å². The second-order valence-electron chi connectivity index (χ2n) is 7.53. The van der Waals surface area contributed by atoms with Crippen LogP contribution in [0.1, 0.15) is 37.8 Å². The van der Waals surface area contributed by atoms with E-state index in [4.69, 9.17) is 10.00 Å². The zero-order chi connectivity index (χ0) is 19.1. The predicted molar refractivity (Wildman–Crippen MR) is 82.8 cm³/mol. The van der Waals surface area contributed by atoms with Crippen molar-refractivity contribution in [3.8, 4) is 6.07 Å². The van der Waals surface area contributed by atoms with Crippen molar-refractivity contribution in [3.05, 3.63) is 29.3 Å². The van der Waals surface area contributed by atoms with E-state index in [1.807, 2.05) is 0 Å². The van der Waals surface area contributed by atoms with Gasteiger partial charge in [-0.15, -0.1) is 0 Å². The van der Waals surface area contributed by atoms with Crippen molar-refractivity contribution >= 4 is 17.5 Å². The van der Waals surface area contributed by atoms with E-state index in [-0.39, 0.29) is 5.69 Å². The lowest BCUT2D eigenvalue weighted by Gasteiger charge is -2.27. The largest absolute Gasteiger partial charge is 0.417 e. The van der Waals surface area contributed by atoms with Gasteiger partial charge in [0.2, 0.25) is 11.8 Å². The Morgan fingerprint density at radius 1 is 1.15 bits per heavy atom. The molecule has 26 heavy (non-hydrogen) atoms. The molecule has 3 unspecified atom stereocenters. The topological polar surface area (TPSA) is 70.4 Å². The summed E-state index contributed by atoms with van der Waals surface area (Å²) in [7, 11) is 0. The fraction of sp³-hybridized carbons (Fsp3) is 0.500. The molecule has 0 spiro atoms. The highest BCUT2D eigenvalue weighted by atomic mass is 19.4.